The molecule has 0 saturated carbocycles. The number of carbonyl (C=O) groups excluding carboxylic acids is 1. The molecule has 0 unspecified atom stereocenters. The second-order valence-electron chi connectivity index (χ2n) is 7.14. The number of aromatic amines is 1. The van der Waals surface area contributed by atoms with Gasteiger partial charge in [-0.25, -0.2) is 0 Å². The molecule has 5 rings (SSSR count). The molecular weight excluding hydrogens is 416 g/mol. The van der Waals surface area contributed by atoms with Crippen LogP contribution in [0.5, 0.6) is 5.75 Å². The average Bonchev–Trinajstić information content (AvgIpc) is 3.30. The molecule has 0 aliphatic rings. The Morgan fingerprint density at radius 2 is 1.97 bits per heavy atom. The van der Waals surface area contributed by atoms with Crippen molar-refractivity contribution in [1.82, 2.24) is 4.98 Å². The molecular formula is C24H19ClN2O2S. The Kier molecular flexibility index (Phi) is 4.65. The van der Waals surface area contributed by atoms with Crippen LogP contribution >= 0.6 is 22.9 Å². The molecule has 0 fully saturated rings. The minimum atomic E-state index is -0.218. The maximum absolute atomic E-state index is 12.9. The number of rotatable bonds is 4. The van der Waals surface area contributed by atoms with E-state index < -0.39 is 0 Å². The van der Waals surface area contributed by atoms with Gasteiger partial charge >= 0.3 is 0 Å². The Morgan fingerprint density at radius 1 is 1.10 bits per heavy atom. The fourth-order valence-corrected chi connectivity index (χ4v) is 5.25. The van der Waals surface area contributed by atoms with E-state index in [4.69, 9.17) is 16.3 Å². The van der Waals surface area contributed by atoms with Crippen LogP contribution in [-0.4, -0.2) is 18.0 Å². The molecule has 6 heteroatoms. The second-order valence-corrected chi connectivity index (χ2v) is 8.57. The van der Waals surface area contributed by atoms with E-state index in [1.54, 1.807) is 7.11 Å². The number of aryl methyl sites for hydroxylation is 1. The number of ether oxygens (including phenoxy) is 1. The number of nitrogens with one attached hydrogen (secondary N) is 2. The Morgan fingerprint density at radius 3 is 2.77 bits per heavy atom. The summed E-state index contributed by atoms with van der Waals surface area (Å²) in [6.45, 7) is 2.15. The van der Waals surface area contributed by atoms with Crippen molar-refractivity contribution in [1.29, 1.82) is 0 Å². The summed E-state index contributed by atoms with van der Waals surface area (Å²) < 4.78 is 6.22. The van der Waals surface area contributed by atoms with Crippen LogP contribution in [0.3, 0.4) is 0 Å². The highest BCUT2D eigenvalue weighted by Crippen LogP contribution is 2.38. The van der Waals surface area contributed by atoms with Gasteiger partial charge in [0.1, 0.15) is 10.6 Å². The first kappa shape index (κ1) is 19.0. The second kappa shape index (κ2) is 7.35. The lowest BCUT2D eigenvalue weighted by Crippen LogP contribution is -2.10. The Bertz CT molecular complexity index is 1430. The average molecular weight is 435 g/mol. The molecule has 2 N–H and O–H groups in total. The molecule has 0 atom stereocenters. The fourth-order valence-electron chi connectivity index (χ4n) is 3.87. The van der Waals surface area contributed by atoms with Gasteiger partial charge in [0.2, 0.25) is 0 Å². The highest BCUT2D eigenvalue weighted by molar-refractivity contribution is 7.21. The SMILES string of the molecule is CCc1cccc2c1[nH]c1cc(NC(=O)c3sc4ccc(OC)cc4c3Cl)ccc12. The number of methoxy groups -OCH3 is 1. The maximum Gasteiger partial charge on any atom is 0.267 e. The van der Waals surface area contributed by atoms with Gasteiger partial charge in [-0.3, -0.25) is 4.79 Å². The molecule has 150 valence electrons. The molecule has 1 amide bonds. The molecule has 30 heavy (non-hydrogen) atoms. The molecule has 0 spiro atoms. The van der Waals surface area contributed by atoms with Crippen molar-refractivity contribution in [2.75, 3.05) is 12.4 Å². The number of carbonyl (C=O) groups is 1. The van der Waals surface area contributed by atoms with Crippen molar-refractivity contribution in [3.05, 3.63) is 70.1 Å². The number of H-pyrrole nitrogens is 1. The van der Waals surface area contributed by atoms with Crippen molar-refractivity contribution in [3.63, 3.8) is 0 Å². The van der Waals surface area contributed by atoms with E-state index in [-0.39, 0.29) is 5.91 Å². The number of benzene rings is 3. The number of anilines is 1. The van der Waals surface area contributed by atoms with E-state index in [2.05, 4.69) is 35.4 Å². The van der Waals surface area contributed by atoms with Crippen molar-refractivity contribution in [2.24, 2.45) is 0 Å². The van der Waals surface area contributed by atoms with Crippen molar-refractivity contribution in [3.8, 4) is 5.75 Å². The van der Waals surface area contributed by atoms with Crippen LogP contribution in [0, 0.1) is 0 Å². The van der Waals surface area contributed by atoms with Crippen molar-refractivity contribution < 1.29 is 9.53 Å². The summed E-state index contributed by atoms with van der Waals surface area (Å²) >= 11 is 7.89. The van der Waals surface area contributed by atoms with Crippen LogP contribution in [0.1, 0.15) is 22.2 Å². The summed E-state index contributed by atoms with van der Waals surface area (Å²) in [7, 11) is 1.61. The summed E-state index contributed by atoms with van der Waals surface area (Å²) in [5, 5.41) is 6.60. The minimum absolute atomic E-state index is 0.218. The zero-order chi connectivity index (χ0) is 20.8. The van der Waals surface area contributed by atoms with Gasteiger partial charge in [-0.15, -0.1) is 11.3 Å². The van der Waals surface area contributed by atoms with E-state index >= 15 is 0 Å². The molecule has 0 radical (unpaired) electrons. The van der Waals surface area contributed by atoms with Gasteiger partial charge in [-0.1, -0.05) is 42.8 Å². The van der Waals surface area contributed by atoms with Crippen LogP contribution in [-0.2, 0) is 6.42 Å². The third-order valence-electron chi connectivity index (χ3n) is 5.40. The molecule has 0 bridgehead atoms. The molecule has 0 aliphatic heterocycles. The minimum Gasteiger partial charge on any atom is -0.497 e. The lowest BCUT2D eigenvalue weighted by atomic mass is 10.1. The zero-order valence-corrected chi connectivity index (χ0v) is 18.1. The molecule has 2 aromatic heterocycles. The number of aromatic nitrogens is 1. The Balaban J connectivity index is 1.51. The number of halogens is 1. The van der Waals surface area contributed by atoms with Gasteiger partial charge in [0.25, 0.3) is 5.91 Å². The van der Waals surface area contributed by atoms with E-state index in [1.165, 1.54) is 22.3 Å². The molecule has 0 saturated heterocycles. The Labute approximate surface area is 182 Å². The number of fused-ring (bicyclic) bond motifs is 4. The largest absolute Gasteiger partial charge is 0.497 e. The number of amides is 1. The highest BCUT2D eigenvalue weighted by Gasteiger charge is 2.18. The van der Waals surface area contributed by atoms with Gasteiger partial charge in [0.15, 0.2) is 0 Å². The summed E-state index contributed by atoms with van der Waals surface area (Å²) in [6.07, 6.45) is 0.961. The monoisotopic (exact) mass is 434 g/mol. The van der Waals surface area contributed by atoms with E-state index in [9.17, 15) is 4.79 Å². The van der Waals surface area contributed by atoms with Gasteiger partial charge in [-0.05, 0) is 42.3 Å². The predicted molar refractivity (Wildman–Crippen MR) is 127 cm³/mol. The molecule has 0 aliphatic carbocycles. The van der Waals surface area contributed by atoms with Crippen LogP contribution in [0.15, 0.2) is 54.6 Å². The number of thiophene rings is 1. The Hall–Kier alpha value is -3.02. The standard InChI is InChI=1S/C24H19ClN2O2S/c1-3-13-5-4-6-17-16-9-7-14(11-19(16)27-22(13)17)26-24(28)23-21(25)18-12-15(29-2)8-10-20(18)30-23/h4-12,27H,3H2,1-2H3,(H,26,28). The summed E-state index contributed by atoms with van der Waals surface area (Å²) in [5.74, 6) is 0.495. The normalized spacial score (nSPS) is 11.4. The maximum atomic E-state index is 12.9. The quantitative estimate of drug-likeness (QED) is 0.319. The third kappa shape index (κ3) is 3.02. The summed E-state index contributed by atoms with van der Waals surface area (Å²) in [6, 6.07) is 17.9. The molecule has 4 nitrogen and oxygen atoms in total. The lowest BCUT2D eigenvalue weighted by molar-refractivity contribution is 0.103. The lowest BCUT2D eigenvalue weighted by Gasteiger charge is -2.04. The molecule has 3 aromatic carbocycles. The van der Waals surface area contributed by atoms with Gasteiger partial charge in [-0.2, -0.15) is 0 Å². The van der Waals surface area contributed by atoms with Crippen LogP contribution in [0.4, 0.5) is 5.69 Å². The van der Waals surface area contributed by atoms with Crippen LogP contribution in [0.2, 0.25) is 5.02 Å². The third-order valence-corrected chi connectivity index (χ3v) is 7.07. The van der Waals surface area contributed by atoms with Gasteiger partial charge in [0.05, 0.1) is 12.1 Å². The topological polar surface area (TPSA) is 54.1 Å². The first-order valence-electron chi connectivity index (χ1n) is 9.69. The summed E-state index contributed by atoms with van der Waals surface area (Å²) in [4.78, 5) is 16.9. The van der Waals surface area contributed by atoms with Crippen LogP contribution < -0.4 is 10.1 Å². The van der Waals surface area contributed by atoms with Gasteiger partial charge < -0.3 is 15.0 Å². The highest BCUT2D eigenvalue weighted by atomic mass is 35.5. The smallest absolute Gasteiger partial charge is 0.267 e. The van der Waals surface area contributed by atoms with Crippen molar-refractivity contribution >= 4 is 66.4 Å². The first-order valence-corrected chi connectivity index (χ1v) is 10.9. The summed E-state index contributed by atoms with van der Waals surface area (Å²) in [5.41, 5.74) is 4.15. The van der Waals surface area contributed by atoms with Crippen LogP contribution in [0.25, 0.3) is 31.9 Å². The predicted octanol–water partition coefficient (Wildman–Crippen LogP) is 7.01. The number of para-hydroxylation sites is 1. The fraction of sp³-hybridized carbons (Fsp3) is 0.125. The number of hydrogen-bond donors (Lipinski definition) is 2. The van der Waals surface area contributed by atoms with E-state index in [0.717, 1.165) is 38.6 Å². The first-order chi connectivity index (χ1) is 14.6. The zero-order valence-electron chi connectivity index (χ0n) is 16.5. The van der Waals surface area contributed by atoms with Crippen molar-refractivity contribution in [2.45, 2.75) is 13.3 Å². The number of hydrogen-bond acceptors (Lipinski definition) is 3. The van der Waals surface area contributed by atoms with Gasteiger partial charge in [0, 0.05) is 37.6 Å². The molecule has 2 heterocycles. The van der Waals surface area contributed by atoms with E-state index in [0.29, 0.717) is 15.6 Å². The van der Waals surface area contributed by atoms with E-state index in [1.807, 2.05) is 36.4 Å². The molecule has 5 aromatic rings.